The summed E-state index contributed by atoms with van der Waals surface area (Å²) in [4.78, 5) is 46.7. The maximum Gasteiger partial charge on any atom is 0.326 e. The lowest BCUT2D eigenvalue weighted by Gasteiger charge is -2.27. The zero-order valence-electron chi connectivity index (χ0n) is 13.9. The standard InChI is InChI=1S/C17H21N3O5/c1-2-3-4-13(17(24)25)18-16(23)11-5-7-12(8-6-11)20-15(22)10-9-14(21)19-20/h5-8,13H,2-4,9-10H2,1H3,(H,18,23)(H,19,21)(H,24,25). The topological polar surface area (TPSA) is 116 Å². The molecule has 2 rings (SSSR count). The molecule has 1 saturated heterocycles. The van der Waals surface area contributed by atoms with E-state index in [0.29, 0.717) is 18.5 Å². The van der Waals surface area contributed by atoms with Crippen LogP contribution >= 0.6 is 0 Å². The number of benzene rings is 1. The Morgan fingerprint density at radius 2 is 1.92 bits per heavy atom. The van der Waals surface area contributed by atoms with Crippen LogP contribution in [0.25, 0.3) is 0 Å². The van der Waals surface area contributed by atoms with Crippen LogP contribution in [0.5, 0.6) is 0 Å². The average molecular weight is 347 g/mol. The normalized spacial score (nSPS) is 15.5. The van der Waals surface area contributed by atoms with Gasteiger partial charge in [0.15, 0.2) is 0 Å². The molecule has 1 aliphatic heterocycles. The van der Waals surface area contributed by atoms with Gasteiger partial charge >= 0.3 is 5.97 Å². The van der Waals surface area contributed by atoms with Crippen molar-refractivity contribution in [2.75, 3.05) is 5.01 Å². The zero-order valence-corrected chi connectivity index (χ0v) is 13.9. The van der Waals surface area contributed by atoms with Gasteiger partial charge in [-0.1, -0.05) is 19.8 Å². The van der Waals surface area contributed by atoms with Crippen LogP contribution in [0.3, 0.4) is 0 Å². The molecule has 0 aliphatic carbocycles. The van der Waals surface area contributed by atoms with Gasteiger partial charge in [0.25, 0.3) is 5.91 Å². The highest BCUT2D eigenvalue weighted by molar-refractivity contribution is 6.02. The largest absolute Gasteiger partial charge is 0.480 e. The molecule has 25 heavy (non-hydrogen) atoms. The molecule has 0 bridgehead atoms. The Morgan fingerprint density at radius 1 is 1.24 bits per heavy atom. The second-order valence-corrected chi connectivity index (χ2v) is 5.82. The van der Waals surface area contributed by atoms with Crippen molar-refractivity contribution in [1.29, 1.82) is 0 Å². The fraction of sp³-hybridized carbons (Fsp3) is 0.412. The van der Waals surface area contributed by atoms with Gasteiger partial charge in [0, 0.05) is 18.4 Å². The number of carbonyl (C=O) groups is 4. The smallest absolute Gasteiger partial charge is 0.326 e. The van der Waals surface area contributed by atoms with E-state index in [-0.39, 0.29) is 30.2 Å². The molecule has 1 aromatic rings. The van der Waals surface area contributed by atoms with E-state index in [1.54, 1.807) is 0 Å². The van der Waals surface area contributed by atoms with E-state index >= 15 is 0 Å². The highest BCUT2D eigenvalue weighted by Gasteiger charge is 2.25. The number of hydrazine groups is 1. The van der Waals surface area contributed by atoms with Gasteiger partial charge in [-0.3, -0.25) is 19.8 Å². The predicted molar refractivity (Wildman–Crippen MR) is 89.7 cm³/mol. The average Bonchev–Trinajstić information content (AvgIpc) is 2.60. The summed E-state index contributed by atoms with van der Waals surface area (Å²) in [5.74, 6) is -2.05. The van der Waals surface area contributed by atoms with Crippen LogP contribution in [0, 0.1) is 0 Å². The number of rotatable bonds is 7. The van der Waals surface area contributed by atoms with Crippen molar-refractivity contribution in [3.05, 3.63) is 29.8 Å². The molecule has 8 heteroatoms. The first-order valence-electron chi connectivity index (χ1n) is 8.18. The van der Waals surface area contributed by atoms with E-state index in [1.807, 2.05) is 6.92 Å². The number of carboxylic acids is 1. The van der Waals surface area contributed by atoms with Crippen molar-refractivity contribution in [2.45, 2.75) is 45.1 Å². The Morgan fingerprint density at radius 3 is 2.52 bits per heavy atom. The minimum absolute atomic E-state index is 0.131. The fourth-order valence-electron chi connectivity index (χ4n) is 2.45. The third-order valence-corrected chi connectivity index (χ3v) is 3.89. The molecule has 3 N–H and O–H groups in total. The van der Waals surface area contributed by atoms with E-state index in [9.17, 15) is 19.2 Å². The number of amides is 3. The molecule has 1 aliphatic rings. The van der Waals surface area contributed by atoms with Gasteiger partial charge in [-0.15, -0.1) is 0 Å². The highest BCUT2D eigenvalue weighted by atomic mass is 16.4. The molecule has 0 spiro atoms. The molecule has 1 aromatic carbocycles. The number of hydrogen-bond acceptors (Lipinski definition) is 4. The number of aliphatic carboxylic acids is 1. The van der Waals surface area contributed by atoms with Crippen molar-refractivity contribution in [3.8, 4) is 0 Å². The van der Waals surface area contributed by atoms with Crippen molar-refractivity contribution in [2.24, 2.45) is 0 Å². The molecule has 8 nitrogen and oxygen atoms in total. The summed E-state index contributed by atoms with van der Waals surface area (Å²) in [6, 6.07) is 5.09. The lowest BCUT2D eigenvalue weighted by molar-refractivity contribution is -0.139. The quantitative estimate of drug-likeness (QED) is 0.686. The van der Waals surface area contributed by atoms with Gasteiger partial charge in [-0.2, -0.15) is 0 Å². The molecular weight excluding hydrogens is 326 g/mol. The Hall–Kier alpha value is -2.90. The van der Waals surface area contributed by atoms with E-state index in [1.165, 1.54) is 24.3 Å². The number of nitrogens with zero attached hydrogens (tertiary/aromatic N) is 1. The summed E-state index contributed by atoms with van der Waals surface area (Å²) in [5, 5.41) is 12.8. The lowest BCUT2D eigenvalue weighted by Crippen LogP contribution is -2.50. The molecule has 1 atom stereocenters. The maximum atomic E-state index is 12.2. The van der Waals surface area contributed by atoms with E-state index in [0.717, 1.165) is 11.4 Å². The molecule has 0 saturated carbocycles. The second kappa shape index (κ2) is 8.27. The number of unbranched alkanes of at least 4 members (excludes halogenated alkanes) is 1. The van der Waals surface area contributed by atoms with Gasteiger partial charge < -0.3 is 10.4 Å². The number of nitrogens with one attached hydrogen (secondary N) is 2. The zero-order chi connectivity index (χ0) is 18.4. The van der Waals surface area contributed by atoms with Gasteiger partial charge in [-0.05, 0) is 30.7 Å². The third kappa shape index (κ3) is 4.79. The first kappa shape index (κ1) is 18.4. The van der Waals surface area contributed by atoms with Crippen molar-refractivity contribution >= 4 is 29.4 Å². The Labute approximate surface area is 145 Å². The van der Waals surface area contributed by atoms with Gasteiger partial charge in [0.2, 0.25) is 11.8 Å². The number of carbonyl (C=O) groups excluding carboxylic acids is 3. The Bertz CT molecular complexity index is 671. The summed E-state index contributed by atoms with van der Waals surface area (Å²) in [5.41, 5.74) is 3.19. The first-order valence-corrected chi connectivity index (χ1v) is 8.18. The molecule has 1 unspecified atom stereocenters. The molecule has 1 fully saturated rings. The summed E-state index contributed by atoms with van der Waals surface area (Å²) in [6.07, 6.45) is 2.19. The van der Waals surface area contributed by atoms with Gasteiger partial charge in [0.1, 0.15) is 6.04 Å². The Balaban J connectivity index is 2.05. The van der Waals surface area contributed by atoms with Gasteiger partial charge in [-0.25, -0.2) is 9.80 Å². The van der Waals surface area contributed by atoms with Crippen LogP contribution < -0.4 is 15.8 Å². The van der Waals surface area contributed by atoms with Crippen molar-refractivity contribution < 1.29 is 24.3 Å². The van der Waals surface area contributed by atoms with Crippen LogP contribution in [-0.2, 0) is 14.4 Å². The minimum Gasteiger partial charge on any atom is -0.480 e. The lowest BCUT2D eigenvalue weighted by atomic mass is 10.1. The van der Waals surface area contributed by atoms with Crippen LogP contribution in [0.2, 0.25) is 0 Å². The predicted octanol–water partition coefficient (Wildman–Crippen LogP) is 1.22. The summed E-state index contributed by atoms with van der Waals surface area (Å²) >= 11 is 0. The minimum atomic E-state index is -1.07. The van der Waals surface area contributed by atoms with E-state index < -0.39 is 17.9 Å². The number of carboxylic acid groups (broad SMARTS) is 1. The number of hydrogen-bond donors (Lipinski definition) is 3. The van der Waals surface area contributed by atoms with Crippen LogP contribution in [0.1, 0.15) is 49.4 Å². The summed E-state index contributed by atoms with van der Waals surface area (Å²) in [7, 11) is 0. The highest BCUT2D eigenvalue weighted by Crippen LogP contribution is 2.18. The molecule has 3 amide bonds. The van der Waals surface area contributed by atoms with Crippen LogP contribution in [0.4, 0.5) is 5.69 Å². The SMILES string of the molecule is CCCCC(NC(=O)c1ccc(N2NC(=O)CCC2=O)cc1)C(=O)O. The van der Waals surface area contributed by atoms with E-state index in [2.05, 4.69) is 10.7 Å². The first-order chi connectivity index (χ1) is 11.9. The van der Waals surface area contributed by atoms with Crippen LogP contribution in [-0.4, -0.2) is 34.8 Å². The number of anilines is 1. The van der Waals surface area contributed by atoms with Crippen LogP contribution in [0.15, 0.2) is 24.3 Å². The molecule has 0 radical (unpaired) electrons. The van der Waals surface area contributed by atoms with Gasteiger partial charge in [0.05, 0.1) is 5.69 Å². The summed E-state index contributed by atoms with van der Waals surface area (Å²) < 4.78 is 0. The van der Waals surface area contributed by atoms with Crippen molar-refractivity contribution in [3.63, 3.8) is 0 Å². The summed E-state index contributed by atoms with van der Waals surface area (Å²) in [6.45, 7) is 1.94. The second-order valence-electron chi connectivity index (χ2n) is 5.82. The monoisotopic (exact) mass is 347 g/mol. The van der Waals surface area contributed by atoms with Crippen molar-refractivity contribution in [1.82, 2.24) is 10.7 Å². The maximum absolute atomic E-state index is 12.2. The molecule has 134 valence electrons. The molecule has 1 heterocycles. The Kier molecular flexibility index (Phi) is 6.10. The molecular formula is C17H21N3O5. The third-order valence-electron chi connectivity index (χ3n) is 3.89. The molecule has 0 aromatic heterocycles. The fourth-order valence-corrected chi connectivity index (χ4v) is 2.45. The van der Waals surface area contributed by atoms with E-state index in [4.69, 9.17) is 5.11 Å².